The predicted molar refractivity (Wildman–Crippen MR) is 53.5 cm³/mol. The molecule has 1 saturated heterocycles. The second-order valence-electron chi connectivity index (χ2n) is 3.31. The van der Waals surface area contributed by atoms with Crippen LogP contribution in [0.3, 0.4) is 0 Å². The molecule has 0 radical (unpaired) electrons. The molecule has 1 aliphatic rings. The average molecular weight is 226 g/mol. The Hall–Kier alpha value is -1.40. The van der Waals surface area contributed by atoms with Gasteiger partial charge in [0.05, 0.1) is 4.90 Å². The number of carbonyl (C=O) groups is 1. The van der Waals surface area contributed by atoms with Gasteiger partial charge in [-0.15, -0.1) is 0 Å². The molecule has 1 aliphatic heterocycles. The second-order valence-corrected chi connectivity index (χ2v) is 5.38. The van der Waals surface area contributed by atoms with E-state index < -0.39 is 27.2 Å². The molecule has 80 valence electrons. The molecule has 0 aromatic heterocycles. The number of β-lactam (4-membered cyclic amide) rings is 1. The predicted octanol–water partition coefficient (Wildman–Crippen LogP) is -0.756. The van der Waals surface area contributed by atoms with Crippen LogP contribution in [0, 0.1) is 0 Å². The van der Waals surface area contributed by atoms with Crippen LogP contribution in [-0.2, 0) is 14.6 Å². The highest BCUT2D eigenvalue weighted by molar-refractivity contribution is 7.92. The van der Waals surface area contributed by atoms with Crippen molar-refractivity contribution in [2.24, 2.45) is 5.73 Å². The Labute approximate surface area is 87.2 Å². The third-order valence-electron chi connectivity index (χ3n) is 2.32. The van der Waals surface area contributed by atoms with Crippen molar-refractivity contribution in [2.45, 2.75) is 16.3 Å². The van der Waals surface area contributed by atoms with Crippen molar-refractivity contribution in [2.75, 3.05) is 0 Å². The van der Waals surface area contributed by atoms with E-state index in [-0.39, 0.29) is 4.90 Å². The Balaban J connectivity index is 2.34. The van der Waals surface area contributed by atoms with E-state index in [1.54, 1.807) is 18.2 Å². The molecule has 0 aliphatic carbocycles. The van der Waals surface area contributed by atoms with Gasteiger partial charge in [0, 0.05) is 0 Å². The van der Waals surface area contributed by atoms with E-state index in [0.717, 1.165) is 0 Å². The SMILES string of the molecule is N[C@H]1C(=O)N[C@@H]1S(=O)(=O)c1ccccc1. The molecule has 0 spiro atoms. The van der Waals surface area contributed by atoms with Crippen LogP contribution in [0.25, 0.3) is 0 Å². The summed E-state index contributed by atoms with van der Waals surface area (Å²) in [6.45, 7) is 0. The standard InChI is InChI=1S/C9H10N2O3S/c10-7-8(12)11-9(7)15(13,14)6-4-2-1-3-5-6/h1-5,7,9H,10H2,(H,11,12)/t7-,9+/m0/s1. The van der Waals surface area contributed by atoms with E-state index >= 15 is 0 Å². The summed E-state index contributed by atoms with van der Waals surface area (Å²) in [7, 11) is -3.54. The molecule has 1 fully saturated rings. The summed E-state index contributed by atoms with van der Waals surface area (Å²) in [6.07, 6.45) is 0. The fourth-order valence-corrected chi connectivity index (χ4v) is 3.01. The number of rotatable bonds is 2. The van der Waals surface area contributed by atoms with Crippen molar-refractivity contribution in [3.05, 3.63) is 30.3 Å². The molecule has 3 N–H and O–H groups in total. The van der Waals surface area contributed by atoms with Gasteiger partial charge in [0.15, 0.2) is 5.37 Å². The smallest absolute Gasteiger partial charge is 0.241 e. The Bertz CT molecular complexity index is 483. The molecule has 2 rings (SSSR count). The van der Waals surface area contributed by atoms with E-state index in [1.807, 2.05) is 0 Å². The number of hydrogen-bond donors (Lipinski definition) is 2. The summed E-state index contributed by atoms with van der Waals surface area (Å²) in [4.78, 5) is 11.0. The molecule has 0 saturated carbocycles. The summed E-state index contributed by atoms with van der Waals surface area (Å²) in [6, 6.07) is 6.96. The van der Waals surface area contributed by atoms with Gasteiger partial charge in [0.25, 0.3) is 0 Å². The van der Waals surface area contributed by atoms with Crippen molar-refractivity contribution in [1.29, 1.82) is 0 Å². The fraction of sp³-hybridized carbons (Fsp3) is 0.222. The first kappa shape index (κ1) is 10.1. The number of carbonyl (C=O) groups excluding carboxylic acids is 1. The van der Waals surface area contributed by atoms with Crippen LogP contribution in [0.15, 0.2) is 35.2 Å². The van der Waals surface area contributed by atoms with Crippen molar-refractivity contribution in [3.8, 4) is 0 Å². The van der Waals surface area contributed by atoms with E-state index in [9.17, 15) is 13.2 Å². The molecular weight excluding hydrogens is 216 g/mol. The summed E-state index contributed by atoms with van der Waals surface area (Å²) >= 11 is 0. The minimum absolute atomic E-state index is 0.172. The summed E-state index contributed by atoms with van der Waals surface area (Å²) in [5.74, 6) is -0.431. The number of benzene rings is 1. The van der Waals surface area contributed by atoms with Gasteiger partial charge in [-0.05, 0) is 12.1 Å². The lowest BCUT2D eigenvalue weighted by atomic mass is 10.2. The topological polar surface area (TPSA) is 89.3 Å². The average Bonchev–Trinajstić information content (AvgIpc) is 2.26. The van der Waals surface area contributed by atoms with Crippen LogP contribution in [0.4, 0.5) is 0 Å². The molecule has 0 unspecified atom stereocenters. The normalized spacial score (nSPS) is 25.5. The summed E-state index contributed by atoms with van der Waals surface area (Å²) < 4.78 is 23.8. The lowest BCUT2D eigenvalue weighted by Gasteiger charge is -2.33. The zero-order chi connectivity index (χ0) is 11.1. The van der Waals surface area contributed by atoms with Gasteiger partial charge in [-0.3, -0.25) is 4.79 Å². The molecule has 1 aromatic carbocycles. The van der Waals surface area contributed by atoms with Crippen LogP contribution in [0.1, 0.15) is 0 Å². The number of amides is 1. The minimum atomic E-state index is -3.54. The Morgan fingerprint density at radius 2 is 1.80 bits per heavy atom. The molecule has 2 atom stereocenters. The Morgan fingerprint density at radius 3 is 2.27 bits per heavy atom. The molecule has 1 heterocycles. The van der Waals surface area contributed by atoms with Gasteiger partial charge in [0.2, 0.25) is 15.7 Å². The highest BCUT2D eigenvalue weighted by atomic mass is 32.2. The van der Waals surface area contributed by atoms with Gasteiger partial charge in [-0.25, -0.2) is 8.42 Å². The maximum absolute atomic E-state index is 11.9. The molecule has 0 bridgehead atoms. The van der Waals surface area contributed by atoms with Gasteiger partial charge in [-0.2, -0.15) is 0 Å². The molecule has 1 aromatic rings. The molecular formula is C9H10N2O3S. The van der Waals surface area contributed by atoms with Crippen LogP contribution in [-0.4, -0.2) is 25.7 Å². The van der Waals surface area contributed by atoms with Gasteiger partial charge >= 0.3 is 0 Å². The fourth-order valence-electron chi connectivity index (χ4n) is 1.39. The van der Waals surface area contributed by atoms with Crippen molar-refractivity contribution < 1.29 is 13.2 Å². The zero-order valence-corrected chi connectivity index (χ0v) is 8.57. The molecule has 6 heteroatoms. The number of nitrogens with one attached hydrogen (secondary N) is 1. The first-order valence-electron chi connectivity index (χ1n) is 4.38. The zero-order valence-electron chi connectivity index (χ0n) is 7.75. The number of sulfone groups is 1. The minimum Gasteiger partial charge on any atom is -0.336 e. The van der Waals surface area contributed by atoms with E-state index in [0.29, 0.717) is 0 Å². The largest absolute Gasteiger partial charge is 0.336 e. The first-order valence-corrected chi connectivity index (χ1v) is 5.93. The quantitative estimate of drug-likeness (QED) is 0.649. The molecule has 1 amide bonds. The van der Waals surface area contributed by atoms with Gasteiger partial charge < -0.3 is 11.1 Å². The van der Waals surface area contributed by atoms with Crippen LogP contribution < -0.4 is 11.1 Å². The van der Waals surface area contributed by atoms with Crippen LogP contribution in [0.2, 0.25) is 0 Å². The van der Waals surface area contributed by atoms with Crippen molar-refractivity contribution >= 4 is 15.7 Å². The monoisotopic (exact) mass is 226 g/mol. The third-order valence-corrected chi connectivity index (χ3v) is 4.33. The van der Waals surface area contributed by atoms with E-state index in [4.69, 9.17) is 5.73 Å². The summed E-state index contributed by atoms with van der Waals surface area (Å²) in [5.41, 5.74) is 5.40. The second kappa shape index (κ2) is 3.32. The van der Waals surface area contributed by atoms with Gasteiger partial charge in [-0.1, -0.05) is 18.2 Å². The highest BCUT2D eigenvalue weighted by Gasteiger charge is 2.45. The van der Waals surface area contributed by atoms with Crippen LogP contribution >= 0.6 is 0 Å². The third kappa shape index (κ3) is 1.51. The van der Waals surface area contributed by atoms with E-state index in [1.165, 1.54) is 12.1 Å². The van der Waals surface area contributed by atoms with E-state index in [2.05, 4.69) is 5.32 Å². The maximum atomic E-state index is 11.9. The Morgan fingerprint density at radius 1 is 1.20 bits per heavy atom. The first-order chi connectivity index (χ1) is 7.03. The number of hydrogen-bond acceptors (Lipinski definition) is 4. The molecule has 15 heavy (non-hydrogen) atoms. The summed E-state index contributed by atoms with van der Waals surface area (Å²) in [5, 5.41) is 1.29. The van der Waals surface area contributed by atoms with Crippen molar-refractivity contribution in [1.82, 2.24) is 5.32 Å². The lowest BCUT2D eigenvalue weighted by molar-refractivity contribution is -0.128. The molecule has 5 nitrogen and oxygen atoms in total. The lowest BCUT2D eigenvalue weighted by Crippen LogP contribution is -2.69. The number of nitrogens with two attached hydrogens (primary N) is 1. The van der Waals surface area contributed by atoms with Gasteiger partial charge in [0.1, 0.15) is 6.04 Å². The Kier molecular flexibility index (Phi) is 2.24. The van der Waals surface area contributed by atoms with Crippen molar-refractivity contribution in [3.63, 3.8) is 0 Å². The van der Waals surface area contributed by atoms with Crippen LogP contribution in [0.5, 0.6) is 0 Å². The highest BCUT2D eigenvalue weighted by Crippen LogP contribution is 2.20. The maximum Gasteiger partial charge on any atom is 0.241 e.